The van der Waals surface area contributed by atoms with Gasteiger partial charge in [0.25, 0.3) is 0 Å². The van der Waals surface area contributed by atoms with Crippen LogP contribution in [0.5, 0.6) is 0 Å². The van der Waals surface area contributed by atoms with Gasteiger partial charge in [0.2, 0.25) is 0 Å². The summed E-state index contributed by atoms with van der Waals surface area (Å²) in [6, 6.07) is 35.6. The molecule has 174 valence electrons. The molecule has 4 bridgehead atoms. The second-order valence-electron chi connectivity index (χ2n) is 10.9. The maximum Gasteiger partial charge on any atom is 0.0362 e. The topological polar surface area (TPSA) is 0 Å². The zero-order chi connectivity index (χ0) is 25.1. The summed E-state index contributed by atoms with van der Waals surface area (Å²) in [6.07, 6.45) is 13.1. The zero-order valence-electron chi connectivity index (χ0n) is 20.7. The van der Waals surface area contributed by atoms with Gasteiger partial charge in [-0.15, -0.1) is 12.8 Å². The highest BCUT2D eigenvalue weighted by molar-refractivity contribution is 5.82. The summed E-state index contributed by atoms with van der Waals surface area (Å²) in [6.45, 7) is 0. The molecule has 6 aliphatic rings. The summed E-state index contributed by atoms with van der Waals surface area (Å²) in [4.78, 5) is 0. The van der Waals surface area contributed by atoms with Crippen LogP contribution in [0.1, 0.15) is 102 Å². The Morgan fingerprint density at radius 2 is 0.526 bits per heavy atom. The Kier molecular flexibility index (Phi) is 3.71. The molecule has 0 amide bonds. The van der Waals surface area contributed by atoms with E-state index < -0.39 is 0 Å². The zero-order valence-corrected chi connectivity index (χ0v) is 20.7. The first-order chi connectivity index (χ1) is 18.8. The van der Waals surface area contributed by atoms with E-state index in [-0.39, 0.29) is 23.7 Å². The molecule has 6 aliphatic carbocycles. The van der Waals surface area contributed by atoms with Crippen molar-refractivity contribution in [2.45, 2.75) is 23.7 Å². The van der Waals surface area contributed by atoms with Crippen molar-refractivity contribution in [3.05, 3.63) is 175 Å². The summed E-state index contributed by atoms with van der Waals surface area (Å²) in [5.41, 5.74) is 18.1. The molecule has 11 rings (SSSR count). The van der Waals surface area contributed by atoms with E-state index in [2.05, 4.69) is 109 Å². The lowest BCUT2D eigenvalue weighted by molar-refractivity contribution is 0.710. The molecule has 0 fully saturated rings. The van der Waals surface area contributed by atoms with E-state index in [1.165, 1.54) is 66.8 Å². The van der Waals surface area contributed by atoms with E-state index in [0.29, 0.717) is 0 Å². The smallest absolute Gasteiger partial charge is 0.0362 e. The van der Waals surface area contributed by atoms with Gasteiger partial charge in [-0.2, -0.15) is 0 Å². The molecule has 0 unspecified atom stereocenters. The second-order valence-corrected chi connectivity index (χ2v) is 10.9. The van der Waals surface area contributed by atoms with Gasteiger partial charge in [-0.3, -0.25) is 0 Å². The van der Waals surface area contributed by atoms with Crippen LogP contribution in [0.25, 0.3) is 0 Å². The van der Waals surface area contributed by atoms with E-state index in [9.17, 15) is 0 Å². The van der Waals surface area contributed by atoms with Gasteiger partial charge in [0.1, 0.15) is 0 Å². The largest absolute Gasteiger partial charge is 0.115 e. The van der Waals surface area contributed by atoms with Crippen molar-refractivity contribution in [2.75, 3.05) is 0 Å². The molecule has 5 aromatic rings. The number of terminal acetylenes is 2. The molecular weight excluding hydrogens is 456 g/mol. The SMILES string of the molecule is C#Cc1c2c(c(C#C)c3c1C1c4ccccc4C3c3ccccc31)C1c3ccccc3C2c2ccccc21. The fourth-order valence-electron chi connectivity index (χ4n) is 8.40. The van der Waals surface area contributed by atoms with Crippen LogP contribution in [0.15, 0.2) is 97.1 Å². The fraction of sp³-hybridized carbons (Fsp3) is 0.105. The van der Waals surface area contributed by atoms with Gasteiger partial charge in [0.15, 0.2) is 0 Å². The lowest BCUT2D eigenvalue weighted by Crippen LogP contribution is -2.35. The van der Waals surface area contributed by atoms with E-state index >= 15 is 0 Å². The van der Waals surface area contributed by atoms with Crippen molar-refractivity contribution in [1.82, 2.24) is 0 Å². The summed E-state index contributed by atoms with van der Waals surface area (Å²) in [5.74, 6) is 6.89. The van der Waals surface area contributed by atoms with Crippen molar-refractivity contribution < 1.29 is 0 Å². The molecule has 0 atom stereocenters. The van der Waals surface area contributed by atoms with Crippen LogP contribution in [0.4, 0.5) is 0 Å². The number of benzene rings is 5. The van der Waals surface area contributed by atoms with Crippen molar-refractivity contribution in [1.29, 1.82) is 0 Å². The number of hydrogen-bond donors (Lipinski definition) is 0. The summed E-state index contributed by atoms with van der Waals surface area (Å²) >= 11 is 0. The Balaban J connectivity index is 1.48. The minimum atomic E-state index is 0.0943. The van der Waals surface area contributed by atoms with Crippen LogP contribution >= 0.6 is 0 Å². The maximum atomic E-state index is 6.53. The van der Waals surface area contributed by atoms with Gasteiger partial charge >= 0.3 is 0 Å². The standard InChI is InChI=1S/C38H22/c1-3-21-35-31-23-13-5-9-17-27(23)33(28-18-10-6-14-24(28)31)37(35)22(4-2)38-34-29-19-11-7-15-25(29)32(36(21)38)26-16-8-12-20-30(26)34/h1-2,5-20,31-34H. The highest BCUT2D eigenvalue weighted by Gasteiger charge is 2.50. The molecule has 5 aromatic carbocycles. The predicted molar refractivity (Wildman–Crippen MR) is 152 cm³/mol. The van der Waals surface area contributed by atoms with Crippen LogP contribution in [0.2, 0.25) is 0 Å². The highest BCUT2D eigenvalue weighted by Crippen LogP contribution is 2.63. The predicted octanol–water partition coefficient (Wildman–Crippen LogP) is 7.62. The minimum absolute atomic E-state index is 0.0943. The van der Waals surface area contributed by atoms with Crippen LogP contribution in [-0.4, -0.2) is 0 Å². The van der Waals surface area contributed by atoms with Gasteiger partial charge in [-0.05, 0) is 66.8 Å². The highest BCUT2D eigenvalue weighted by atomic mass is 14.5. The van der Waals surface area contributed by atoms with Gasteiger partial charge in [0, 0.05) is 34.8 Å². The Morgan fingerprint density at radius 1 is 0.342 bits per heavy atom. The van der Waals surface area contributed by atoms with Crippen LogP contribution in [-0.2, 0) is 0 Å². The van der Waals surface area contributed by atoms with Gasteiger partial charge < -0.3 is 0 Å². The van der Waals surface area contributed by atoms with Gasteiger partial charge in [-0.25, -0.2) is 0 Å². The van der Waals surface area contributed by atoms with Crippen molar-refractivity contribution in [3.8, 4) is 24.7 Å². The maximum absolute atomic E-state index is 6.53. The van der Waals surface area contributed by atoms with Crippen molar-refractivity contribution in [2.24, 2.45) is 0 Å². The molecule has 38 heavy (non-hydrogen) atoms. The normalized spacial score (nSPS) is 21.6. The summed E-state index contributed by atoms with van der Waals surface area (Å²) < 4.78 is 0. The molecule has 0 nitrogen and oxygen atoms in total. The molecule has 0 aliphatic heterocycles. The minimum Gasteiger partial charge on any atom is -0.115 e. The summed E-state index contributed by atoms with van der Waals surface area (Å²) in [7, 11) is 0. The molecule has 0 spiro atoms. The van der Waals surface area contributed by atoms with Crippen molar-refractivity contribution >= 4 is 0 Å². The molecule has 0 saturated carbocycles. The monoisotopic (exact) mass is 478 g/mol. The van der Waals surface area contributed by atoms with E-state index in [0.717, 1.165) is 11.1 Å². The first-order valence-corrected chi connectivity index (χ1v) is 13.4. The molecule has 0 aromatic heterocycles. The number of hydrogen-bond acceptors (Lipinski definition) is 0. The second kappa shape index (κ2) is 6.95. The lowest BCUT2D eigenvalue weighted by atomic mass is 9.53. The first kappa shape index (κ1) is 20.3. The van der Waals surface area contributed by atoms with Gasteiger partial charge in [-0.1, -0.05) is 109 Å². The van der Waals surface area contributed by atoms with Gasteiger partial charge in [0.05, 0.1) is 0 Å². The molecule has 0 heterocycles. The summed E-state index contributed by atoms with van der Waals surface area (Å²) in [5, 5.41) is 0. The third-order valence-electron chi connectivity index (χ3n) is 9.57. The molecule has 0 radical (unpaired) electrons. The van der Waals surface area contributed by atoms with Crippen LogP contribution in [0.3, 0.4) is 0 Å². The van der Waals surface area contributed by atoms with E-state index in [1.807, 2.05) is 0 Å². The third-order valence-corrected chi connectivity index (χ3v) is 9.57. The Hall–Kier alpha value is -4.78. The lowest BCUT2D eigenvalue weighted by Gasteiger charge is -2.48. The Labute approximate surface area is 223 Å². The average molecular weight is 479 g/mol. The van der Waals surface area contributed by atoms with Crippen molar-refractivity contribution in [3.63, 3.8) is 0 Å². The van der Waals surface area contributed by atoms with E-state index in [1.54, 1.807) is 0 Å². The van der Waals surface area contributed by atoms with E-state index in [4.69, 9.17) is 12.8 Å². The Morgan fingerprint density at radius 3 is 0.684 bits per heavy atom. The first-order valence-electron chi connectivity index (χ1n) is 13.4. The third kappa shape index (κ3) is 2.15. The fourth-order valence-corrected chi connectivity index (χ4v) is 8.40. The molecule has 0 N–H and O–H groups in total. The molecular formula is C38H22. The Bertz CT molecular complexity index is 1610. The number of rotatable bonds is 0. The van der Waals surface area contributed by atoms with Crippen LogP contribution in [0, 0.1) is 24.7 Å². The molecule has 0 saturated heterocycles. The van der Waals surface area contributed by atoms with Crippen LogP contribution < -0.4 is 0 Å². The molecule has 0 heteroatoms. The quantitative estimate of drug-likeness (QED) is 0.197. The average Bonchev–Trinajstić information content (AvgIpc) is 2.99.